The van der Waals surface area contributed by atoms with Crippen molar-refractivity contribution in [3.8, 4) is 12.1 Å². The second-order valence-corrected chi connectivity index (χ2v) is 4.56. The highest BCUT2D eigenvalue weighted by atomic mass is 16.2. The Morgan fingerprint density at radius 1 is 1.40 bits per heavy atom. The first kappa shape index (κ1) is 14.0. The first-order chi connectivity index (χ1) is 9.72. The molecule has 1 atom stereocenters. The molecule has 0 aromatic heterocycles. The van der Waals surface area contributed by atoms with Crippen molar-refractivity contribution in [2.24, 2.45) is 0 Å². The maximum absolute atomic E-state index is 11.9. The molecule has 6 heteroatoms. The monoisotopic (exact) mass is 269 g/mol. The summed E-state index contributed by atoms with van der Waals surface area (Å²) >= 11 is 0. The number of piperazine rings is 1. The van der Waals surface area contributed by atoms with Gasteiger partial charge < -0.3 is 10.6 Å². The second-order valence-electron chi connectivity index (χ2n) is 4.56. The lowest BCUT2D eigenvalue weighted by Gasteiger charge is -2.31. The van der Waals surface area contributed by atoms with Crippen LogP contribution in [0.1, 0.15) is 5.56 Å². The second kappa shape index (κ2) is 6.67. The molecule has 102 valence electrons. The van der Waals surface area contributed by atoms with Crippen molar-refractivity contribution in [1.82, 2.24) is 10.2 Å². The van der Waals surface area contributed by atoms with E-state index in [1.807, 2.05) is 11.0 Å². The molecule has 1 aromatic rings. The summed E-state index contributed by atoms with van der Waals surface area (Å²) in [5.41, 5.74) is 1.20. The van der Waals surface area contributed by atoms with Gasteiger partial charge in [0.05, 0.1) is 24.2 Å². The van der Waals surface area contributed by atoms with Crippen LogP contribution in [0.15, 0.2) is 24.3 Å². The SMILES string of the molecule is N#Cc1ccc(NC(=O)CN2CCNCC2C#N)cc1. The number of nitrogens with zero attached hydrogens (tertiary/aromatic N) is 3. The molecule has 2 rings (SSSR count). The number of hydrogen-bond acceptors (Lipinski definition) is 5. The Hall–Kier alpha value is -2.41. The van der Waals surface area contributed by atoms with Crippen LogP contribution in [0.25, 0.3) is 0 Å². The van der Waals surface area contributed by atoms with Gasteiger partial charge in [-0.2, -0.15) is 10.5 Å². The molecule has 1 aliphatic heterocycles. The normalized spacial score (nSPS) is 18.8. The summed E-state index contributed by atoms with van der Waals surface area (Å²) in [5, 5.41) is 23.6. The van der Waals surface area contributed by atoms with Crippen LogP contribution in [0.4, 0.5) is 5.69 Å². The van der Waals surface area contributed by atoms with Crippen molar-refractivity contribution in [1.29, 1.82) is 10.5 Å². The zero-order chi connectivity index (χ0) is 14.4. The van der Waals surface area contributed by atoms with Crippen LogP contribution >= 0.6 is 0 Å². The maximum Gasteiger partial charge on any atom is 0.238 e. The van der Waals surface area contributed by atoms with Crippen molar-refractivity contribution in [3.05, 3.63) is 29.8 Å². The molecule has 1 unspecified atom stereocenters. The van der Waals surface area contributed by atoms with Gasteiger partial charge in [0.15, 0.2) is 0 Å². The summed E-state index contributed by atoms with van der Waals surface area (Å²) in [7, 11) is 0. The quantitative estimate of drug-likeness (QED) is 0.823. The van der Waals surface area contributed by atoms with Crippen molar-refractivity contribution < 1.29 is 4.79 Å². The number of anilines is 1. The minimum atomic E-state index is -0.268. The van der Waals surface area contributed by atoms with Gasteiger partial charge in [-0.05, 0) is 24.3 Å². The van der Waals surface area contributed by atoms with E-state index in [0.717, 1.165) is 6.54 Å². The Morgan fingerprint density at radius 3 is 2.80 bits per heavy atom. The lowest BCUT2D eigenvalue weighted by molar-refractivity contribution is -0.117. The molecule has 0 spiro atoms. The van der Waals surface area contributed by atoms with E-state index in [-0.39, 0.29) is 18.5 Å². The molecule has 1 aromatic carbocycles. The number of nitriles is 2. The third kappa shape index (κ3) is 3.55. The Balaban J connectivity index is 1.91. The highest BCUT2D eigenvalue weighted by Gasteiger charge is 2.23. The summed E-state index contributed by atoms with van der Waals surface area (Å²) in [6.45, 7) is 2.24. The Bertz CT molecular complexity index is 554. The molecular formula is C14H15N5O. The van der Waals surface area contributed by atoms with Crippen molar-refractivity contribution in [3.63, 3.8) is 0 Å². The van der Waals surface area contributed by atoms with Gasteiger partial charge >= 0.3 is 0 Å². The zero-order valence-corrected chi connectivity index (χ0v) is 11.0. The Morgan fingerprint density at radius 2 is 2.15 bits per heavy atom. The first-order valence-corrected chi connectivity index (χ1v) is 6.37. The minimum absolute atomic E-state index is 0.156. The van der Waals surface area contributed by atoms with Crippen LogP contribution in [-0.4, -0.2) is 43.0 Å². The fraction of sp³-hybridized carbons (Fsp3) is 0.357. The lowest BCUT2D eigenvalue weighted by atomic mass is 10.2. The minimum Gasteiger partial charge on any atom is -0.325 e. The molecule has 2 N–H and O–H groups in total. The number of amides is 1. The molecule has 0 bridgehead atoms. The van der Waals surface area contributed by atoms with E-state index in [0.29, 0.717) is 24.3 Å². The molecule has 1 aliphatic rings. The lowest BCUT2D eigenvalue weighted by Crippen LogP contribution is -2.52. The predicted molar refractivity (Wildman–Crippen MR) is 73.6 cm³/mol. The van der Waals surface area contributed by atoms with Gasteiger partial charge in [-0.15, -0.1) is 0 Å². The molecule has 1 saturated heterocycles. The largest absolute Gasteiger partial charge is 0.325 e. The smallest absolute Gasteiger partial charge is 0.238 e. The molecule has 0 aliphatic carbocycles. The molecule has 20 heavy (non-hydrogen) atoms. The summed E-state index contributed by atoms with van der Waals surface area (Å²) < 4.78 is 0. The van der Waals surface area contributed by atoms with Gasteiger partial charge in [0, 0.05) is 25.3 Å². The van der Waals surface area contributed by atoms with Gasteiger partial charge in [-0.3, -0.25) is 9.69 Å². The molecule has 6 nitrogen and oxygen atoms in total. The number of carbonyl (C=O) groups is 1. The summed E-state index contributed by atoms with van der Waals surface area (Å²) in [6, 6.07) is 10.6. The van der Waals surface area contributed by atoms with E-state index in [9.17, 15) is 4.79 Å². The maximum atomic E-state index is 11.9. The summed E-state index contributed by atoms with van der Waals surface area (Å²) in [5.74, 6) is -0.156. The van der Waals surface area contributed by atoms with E-state index in [4.69, 9.17) is 10.5 Å². The average molecular weight is 269 g/mol. The van der Waals surface area contributed by atoms with Crippen molar-refractivity contribution in [2.45, 2.75) is 6.04 Å². The zero-order valence-electron chi connectivity index (χ0n) is 11.0. The highest BCUT2D eigenvalue weighted by molar-refractivity contribution is 5.92. The van der Waals surface area contributed by atoms with Gasteiger partial charge in [-0.1, -0.05) is 0 Å². The number of benzene rings is 1. The van der Waals surface area contributed by atoms with Gasteiger partial charge in [0.1, 0.15) is 6.04 Å². The van der Waals surface area contributed by atoms with Crippen LogP contribution in [0.2, 0.25) is 0 Å². The fourth-order valence-corrected chi connectivity index (χ4v) is 2.08. The van der Waals surface area contributed by atoms with E-state index in [2.05, 4.69) is 16.7 Å². The van der Waals surface area contributed by atoms with Crippen molar-refractivity contribution in [2.75, 3.05) is 31.5 Å². The van der Waals surface area contributed by atoms with E-state index in [1.54, 1.807) is 24.3 Å². The molecule has 1 fully saturated rings. The summed E-state index contributed by atoms with van der Waals surface area (Å²) in [6.07, 6.45) is 0. The standard InChI is InChI=1S/C14H15N5O/c15-7-11-1-3-12(4-2-11)18-14(20)10-19-6-5-17-9-13(19)8-16/h1-4,13,17H,5-6,9-10H2,(H,18,20). The van der Waals surface area contributed by atoms with Crippen LogP contribution in [0.3, 0.4) is 0 Å². The van der Waals surface area contributed by atoms with Gasteiger partial charge in [-0.25, -0.2) is 0 Å². The van der Waals surface area contributed by atoms with E-state index in [1.165, 1.54) is 0 Å². The Labute approximate surface area is 117 Å². The van der Waals surface area contributed by atoms with Crippen LogP contribution in [-0.2, 0) is 4.79 Å². The fourth-order valence-electron chi connectivity index (χ4n) is 2.08. The summed E-state index contributed by atoms with van der Waals surface area (Å²) in [4.78, 5) is 13.8. The van der Waals surface area contributed by atoms with Gasteiger partial charge in [0.25, 0.3) is 0 Å². The average Bonchev–Trinajstić information content (AvgIpc) is 2.48. The number of carbonyl (C=O) groups excluding carboxylic acids is 1. The van der Waals surface area contributed by atoms with Crippen LogP contribution < -0.4 is 10.6 Å². The Kier molecular flexibility index (Phi) is 4.67. The topological polar surface area (TPSA) is 91.9 Å². The first-order valence-electron chi connectivity index (χ1n) is 6.37. The third-order valence-corrected chi connectivity index (χ3v) is 3.15. The molecule has 0 radical (unpaired) electrons. The predicted octanol–water partition coefficient (Wildman–Crippen LogP) is 0.294. The van der Waals surface area contributed by atoms with Crippen LogP contribution in [0, 0.1) is 22.7 Å². The molecule has 1 heterocycles. The highest BCUT2D eigenvalue weighted by Crippen LogP contribution is 2.09. The number of rotatable bonds is 3. The number of nitrogens with one attached hydrogen (secondary N) is 2. The van der Waals surface area contributed by atoms with Crippen LogP contribution in [0.5, 0.6) is 0 Å². The van der Waals surface area contributed by atoms with Gasteiger partial charge in [0.2, 0.25) is 5.91 Å². The molecule has 0 saturated carbocycles. The molecular weight excluding hydrogens is 254 g/mol. The number of hydrogen-bond donors (Lipinski definition) is 2. The van der Waals surface area contributed by atoms with E-state index >= 15 is 0 Å². The van der Waals surface area contributed by atoms with E-state index < -0.39 is 0 Å². The van der Waals surface area contributed by atoms with Crippen molar-refractivity contribution >= 4 is 11.6 Å². The third-order valence-electron chi connectivity index (χ3n) is 3.15. The molecule has 1 amide bonds.